The van der Waals surface area contributed by atoms with Crippen LogP contribution in [0, 0.1) is 29.1 Å². The van der Waals surface area contributed by atoms with Crippen molar-refractivity contribution in [2.75, 3.05) is 57.5 Å². The molecule has 0 aromatic carbocycles. The lowest BCUT2D eigenvalue weighted by atomic mass is 9.88. The van der Waals surface area contributed by atoms with Gasteiger partial charge in [0.1, 0.15) is 24.2 Å². The first-order chi connectivity index (χ1) is 17.1. The lowest BCUT2D eigenvalue weighted by Gasteiger charge is -2.39. The van der Waals surface area contributed by atoms with E-state index in [0.717, 1.165) is 16.9 Å². The Balaban J connectivity index is 1.40. The number of fused-ring (bicyclic) bond motifs is 1. The SMILES string of the molecule is C#CC(=O)N1CCN(c2ccc(-c3cc(OCC4(CO)COC4)cn4ncc(C#N)c34)cn2)CC1. The molecule has 0 radical (unpaired) electrons. The van der Waals surface area contributed by atoms with Gasteiger partial charge < -0.3 is 24.4 Å². The summed E-state index contributed by atoms with van der Waals surface area (Å²) in [5.41, 5.74) is 2.30. The molecule has 3 aromatic rings. The maximum Gasteiger partial charge on any atom is 0.298 e. The molecule has 5 rings (SSSR count). The van der Waals surface area contributed by atoms with Gasteiger partial charge in [0.15, 0.2) is 0 Å². The van der Waals surface area contributed by atoms with Crippen LogP contribution in [0.5, 0.6) is 5.75 Å². The summed E-state index contributed by atoms with van der Waals surface area (Å²) in [7, 11) is 0. The van der Waals surface area contributed by atoms with Gasteiger partial charge >= 0.3 is 0 Å². The van der Waals surface area contributed by atoms with Gasteiger partial charge in [0.2, 0.25) is 0 Å². The minimum atomic E-state index is -0.394. The number of pyridine rings is 2. The van der Waals surface area contributed by atoms with E-state index in [2.05, 4.69) is 27.0 Å². The number of rotatable bonds is 6. The van der Waals surface area contributed by atoms with E-state index in [0.29, 0.717) is 62.8 Å². The van der Waals surface area contributed by atoms with Crippen LogP contribution >= 0.6 is 0 Å². The summed E-state index contributed by atoms with van der Waals surface area (Å²) in [6, 6.07) is 7.93. The first-order valence-electron chi connectivity index (χ1n) is 11.3. The van der Waals surface area contributed by atoms with Gasteiger partial charge in [-0.2, -0.15) is 10.4 Å². The van der Waals surface area contributed by atoms with Crippen molar-refractivity contribution in [3.05, 3.63) is 42.4 Å². The van der Waals surface area contributed by atoms with Crippen LogP contribution < -0.4 is 9.64 Å². The van der Waals surface area contributed by atoms with Crippen LogP contribution in [0.15, 0.2) is 36.8 Å². The number of nitrogens with zero attached hydrogens (tertiary/aromatic N) is 6. The van der Waals surface area contributed by atoms with Crippen LogP contribution in [0.3, 0.4) is 0 Å². The Hall–Kier alpha value is -4.12. The van der Waals surface area contributed by atoms with Crippen LogP contribution in [0.4, 0.5) is 5.82 Å². The van der Waals surface area contributed by atoms with Crippen LogP contribution in [0.1, 0.15) is 5.56 Å². The maximum absolute atomic E-state index is 11.7. The summed E-state index contributed by atoms with van der Waals surface area (Å²) >= 11 is 0. The molecule has 0 unspecified atom stereocenters. The molecule has 2 aliphatic rings. The minimum Gasteiger partial charge on any atom is -0.491 e. The van der Waals surface area contributed by atoms with E-state index in [-0.39, 0.29) is 12.5 Å². The van der Waals surface area contributed by atoms with Gasteiger partial charge in [-0.3, -0.25) is 4.79 Å². The van der Waals surface area contributed by atoms with Crippen LogP contribution in [0.25, 0.3) is 16.6 Å². The normalized spacial score (nSPS) is 16.9. The highest BCUT2D eigenvalue weighted by atomic mass is 16.5. The quantitative estimate of drug-likeness (QED) is 0.527. The number of carbonyl (C=O) groups excluding carboxylic acids is 1. The van der Waals surface area contributed by atoms with E-state index < -0.39 is 5.41 Å². The van der Waals surface area contributed by atoms with Crippen LogP contribution in [0.2, 0.25) is 0 Å². The van der Waals surface area contributed by atoms with Crippen LogP contribution in [-0.2, 0) is 9.53 Å². The molecule has 10 nitrogen and oxygen atoms in total. The molecule has 2 fully saturated rings. The van der Waals surface area contributed by atoms with Crippen molar-refractivity contribution in [2.45, 2.75) is 0 Å². The fraction of sp³-hybridized carbons (Fsp3) is 0.360. The largest absolute Gasteiger partial charge is 0.491 e. The number of hydrogen-bond donors (Lipinski definition) is 1. The average Bonchev–Trinajstić information content (AvgIpc) is 3.31. The monoisotopic (exact) mass is 472 g/mol. The third-order valence-corrected chi connectivity index (χ3v) is 6.48. The average molecular weight is 473 g/mol. The Morgan fingerprint density at radius 1 is 1.26 bits per heavy atom. The Kier molecular flexibility index (Phi) is 6.00. The number of nitriles is 1. The fourth-order valence-corrected chi connectivity index (χ4v) is 4.29. The topological polar surface area (TPSA) is 116 Å². The highest BCUT2D eigenvalue weighted by molar-refractivity contribution is 5.93. The first-order valence-corrected chi connectivity index (χ1v) is 11.3. The highest BCUT2D eigenvalue weighted by Crippen LogP contribution is 2.33. The molecule has 2 aliphatic heterocycles. The van der Waals surface area contributed by atoms with Crippen molar-refractivity contribution >= 4 is 17.2 Å². The molecular weight excluding hydrogens is 448 g/mol. The molecule has 2 saturated heterocycles. The van der Waals surface area contributed by atoms with Gasteiger partial charge in [-0.15, -0.1) is 6.42 Å². The van der Waals surface area contributed by atoms with E-state index in [1.165, 1.54) is 6.20 Å². The standard InChI is InChI=1S/C25H24N6O4/c1-2-23(33)30-7-5-29(6-8-30)22-4-3-18(11-27-22)21-9-20(35-17-25(14-32)15-34-16-25)13-31-24(21)19(10-26)12-28-31/h1,3-4,9,11-13,32H,5-8,14-17H2. The molecule has 5 heterocycles. The number of aliphatic hydroxyl groups excluding tert-OH is 1. The third-order valence-electron chi connectivity index (χ3n) is 6.48. The minimum absolute atomic E-state index is 0.0149. The van der Waals surface area contributed by atoms with E-state index in [9.17, 15) is 15.2 Å². The summed E-state index contributed by atoms with van der Waals surface area (Å²) in [5, 5.41) is 23.6. The van der Waals surface area contributed by atoms with Gasteiger partial charge in [0, 0.05) is 43.5 Å². The molecule has 1 N–H and O–H groups in total. The van der Waals surface area contributed by atoms with Gasteiger partial charge in [-0.25, -0.2) is 9.50 Å². The molecule has 0 aliphatic carbocycles. The highest BCUT2D eigenvalue weighted by Gasteiger charge is 2.39. The zero-order valence-corrected chi connectivity index (χ0v) is 19.1. The number of aliphatic hydroxyl groups is 1. The Bertz CT molecular complexity index is 1320. The van der Waals surface area contributed by atoms with Gasteiger partial charge in [-0.1, -0.05) is 0 Å². The molecule has 0 bridgehead atoms. The second-order valence-corrected chi connectivity index (χ2v) is 8.82. The lowest BCUT2D eigenvalue weighted by molar-refractivity contribution is -0.153. The molecule has 35 heavy (non-hydrogen) atoms. The Morgan fingerprint density at radius 2 is 2.06 bits per heavy atom. The van der Waals surface area contributed by atoms with Gasteiger partial charge in [-0.05, 0) is 24.1 Å². The number of aromatic nitrogens is 3. The Labute approximate surface area is 202 Å². The zero-order valence-electron chi connectivity index (χ0n) is 19.1. The molecule has 0 spiro atoms. The van der Waals surface area contributed by atoms with E-state index in [1.54, 1.807) is 21.8 Å². The van der Waals surface area contributed by atoms with Crippen molar-refractivity contribution in [3.8, 4) is 35.3 Å². The van der Waals surface area contributed by atoms with Gasteiger partial charge in [0.25, 0.3) is 5.91 Å². The van der Waals surface area contributed by atoms with Crippen LogP contribution in [-0.4, -0.2) is 83.1 Å². The summed E-state index contributed by atoms with van der Waals surface area (Å²) in [6.45, 7) is 3.59. The second kappa shape index (κ2) is 9.26. The number of carbonyl (C=O) groups is 1. The maximum atomic E-state index is 11.7. The number of ether oxygens (including phenoxy) is 2. The second-order valence-electron chi connectivity index (χ2n) is 8.82. The third kappa shape index (κ3) is 4.26. The molecule has 3 aromatic heterocycles. The first kappa shape index (κ1) is 22.7. The number of anilines is 1. The molecular formula is C25H24N6O4. The number of amides is 1. The molecule has 0 atom stereocenters. The van der Waals surface area contributed by atoms with E-state index in [1.807, 2.05) is 18.2 Å². The fourth-order valence-electron chi connectivity index (χ4n) is 4.29. The van der Waals surface area contributed by atoms with E-state index in [4.69, 9.17) is 15.9 Å². The summed E-state index contributed by atoms with van der Waals surface area (Å²) in [4.78, 5) is 20.1. The summed E-state index contributed by atoms with van der Waals surface area (Å²) in [6.07, 6.45) is 10.2. The van der Waals surface area contributed by atoms with Gasteiger partial charge in [0.05, 0.1) is 48.7 Å². The zero-order chi connectivity index (χ0) is 24.4. The lowest BCUT2D eigenvalue weighted by Crippen LogP contribution is -2.49. The molecule has 10 heteroatoms. The molecule has 178 valence electrons. The summed E-state index contributed by atoms with van der Waals surface area (Å²) in [5.74, 6) is 3.24. The number of piperazine rings is 1. The van der Waals surface area contributed by atoms with Crippen molar-refractivity contribution in [1.29, 1.82) is 5.26 Å². The van der Waals surface area contributed by atoms with Crippen molar-refractivity contribution in [1.82, 2.24) is 19.5 Å². The predicted octanol–water partition coefficient (Wildman–Crippen LogP) is 0.937. The van der Waals surface area contributed by atoms with Crippen molar-refractivity contribution < 1.29 is 19.4 Å². The molecule has 1 amide bonds. The van der Waals surface area contributed by atoms with Crippen molar-refractivity contribution in [2.24, 2.45) is 5.41 Å². The van der Waals surface area contributed by atoms with E-state index >= 15 is 0 Å². The molecule has 0 saturated carbocycles. The number of hydrogen-bond acceptors (Lipinski definition) is 8. The van der Waals surface area contributed by atoms with Crippen molar-refractivity contribution in [3.63, 3.8) is 0 Å². The Morgan fingerprint density at radius 3 is 2.66 bits per heavy atom. The smallest absolute Gasteiger partial charge is 0.298 e. The number of terminal acetylenes is 1. The summed E-state index contributed by atoms with van der Waals surface area (Å²) < 4.78 is 12.9. The predicted molar refractivity (Wildman–Crippen MR) is 127 cm³/mol.